The highest BCUT2D eigenvalue weighted by molar-refractivity contribution is 7.91. The molecular formula is C12H15N3O3S. The summed E-state index contributed by atoms with van der Waals surface area (Å²) < 4.78 is 23.2. The molecule has 0 aliphatic carbocycles. The number of aryl methyl sites for hydroxylation is 1. The van der Waals surface area contributed by atoms with E-state index in [0.717, 1.165) is 5.69 Å². The van der Waals surface area contributed by atoms with Crippen LogP contribution < -0.4 is 10.2 Å². The van der Waals surface area contributed by atoms with Crippen LogP contribution in [0.25, 0.3) is 0 Å². The normalized spacial score (nSPS) is 25.0. The largest absolute Gasteiger partial charge is 0.342 e. The van der Waals surface area contributed by atoms with E-state index < -0.39 is 9.84 Å². The van der Waals surface area contributed by atoms with Crippen molar-refractivity contribution in [3.05, 3.63) is 17.8 Å². The average Bonchev–Trinajstić information content (AvgIpc) is 2.69. The van der Waals surface area contributed by atoms with Crippen LogP contribution in [-0.4, -0.2) is 43.4 Å². The molecule has 1 N–H and O–H groups in total. The Balaban J connectivity index is 1.99. The van der Waals surface area contributed by atoms with Crippen LogP contribution in [0.15, 0.2) is 12.1 Å². The summed E-state index contributed by atoms with van der Waals surface area (Å²) in [6, 6.07) is 3.49. The van der Waals surface area contributed by atoms with Crippen molar-refractivity contribution in [3.8, 4) is 0 Å². The first kappa shape index (κ1) is 12.4. The van der Waals surface area contributed by atoms with Crippen LogP contribution in [-0.2, 0) is 14.6 Å². The lowest BCUT2D eigenvalue weighted by Gasteiger charge is -2.34. The van der Waals surface area contributed by atoms with Crippen molar-refractivity contribution >= 4 is 27.2 Å². The first-order valence-corrected chi connectivity index (χ1v) is 8.01. The minimum atomic E-state index is -2.98. The van der Waals surface area contributed by atoms with Crippen LogP contribution >= 0.6 is 0 Å². The molecule has 19 heavy (non-hydrogen) atoms. The quantitative estimate of drug-likeness (QED) is 0.803. The summed E-state index contributed by atoms with van der Waals surface area (Å²) in [5.74, 6) is 0.857. The lowest BCUT2D eigenvalue weighted by atomic mass is 10.1. The SMILES string of the molecule is Cc1ccc2c(n1)N(C1CCS(=O)(=O)C1)CC(=O)N2. The zero-order valence-electron chi connectivity index (χ0n) is 10.6. The summed E-state index contributed by atoms with van der Waals surface area (Å²) in [5, 5.41) is 2.77. The summed E-state index contributed by atoms with van der Waals surface area (Å²) in [5.41, 5.74) is 1.51. The van der Waals surface area contributed by atoms with Gasteiger partial charge in [0.1, 0.15) is 0 Å². The standard InChI is InChI=1S/C12H15N3O3S/c1-8-2-3-10-12(13-8)15(6-11(16)14-10)9-4-5-19(17,18)7-9/h2-3,9H,4-7H2,1H3,(H,14,16). The molecule has 0 bridgehead atoms. The number of amides is 1. The Morgan fingerprint density at radius 1 is 1.42 bits per heavy atom. The van der Waals surface area contributed by atoms with Gasteiger partial charge in [-0.1, -0.05) is 0 Å². The number of hydrogen-bond acceptors (Lipinski definition) is 5. The average molecular weight is 281 g/mol. The third kappa shape index (κ3) is 2.30. The van der Waals surface area contributed by atoms with Gasteiger partial charge in [-0.3, -0.25) is 4.79 Å². The van der Waals surface area contributed by atoms with E-state index in [9.17, 15) is 13.2 Å². The Morgan fingerprint density at radius 3 is 2.89 bits per heavy atom. The van der Waals surface area contributed by atoms with Gasteiger partial charge in [-0.15, -0.1) is 0 Å². The molecule has 2 aliphatic rings. The molecule has 6 nitrogen and oxygen atoms in total. The lowest BCUT2D eigenvalue weighted by Crippen LogP contribution is -2.45. The summed E-state index contributed by atoms with van der Waals surface area (Å²) in [6.07, 6.45) is 0.560. The highest BCUT2D eigenvalue weighted by Gasteiger charge is 2.36. The number of anilines is 2. The van der Waals surface area contributed by atoms with Gasteiger partial charge in [0, 0.05) is 11.7 Å². The molecule has 1 fully saturated rings. The van der Waals surface area contributed by atoms with Crippen molar-refractivity contribution in [2.24, 2.45) is 0 Å². The van der Waals surface area contributed by atoms with Gasteiger partial charge in [0.2, 0.25) is 5.91 Å². The van der Waals surface area contributed by atoms with Gasteiger partial charge < -0.3 is 10.2 Å². The summed E-state index contributed by atoms with van der Waals surface area (Å²) in [4.78, 5) is 18.0. The number of rotatable bonds is 1. The highest BCUT2D eigenvalue weighted by atomic mass is 32.2. The number of nitrogens with one attached hydrogen (secondary N) is 1. The molecule has 1 unspecified atom stereocenters. The first-order chi connectivity index (χ1) is 8.94. The number of hydrogen-bond donors (Lipinski definition) is 1. The predicted molar refractivity (Wildman–Crippen MR) is 72.0 cm³/mol. The Kier molecular flexibility index (Phi) is 2.74. The molecule has 1 aromatic heterocycles. The fourth-order valence-corrected chi connectivity index (χ4v) is 4.33. The molecule has 102 valence electrons. The van der Waals surface area contributed by atoms with Crippen LogP contribution in [0, 0.1) is 6.92 Å². The van der Waals surface area contributed by atoms with Gasteiger partial charge in [0.25, 0.3) is 0 Å². The van der Waals surface area contributed by atoms with Crippen LogP contribution in [0.3, 0.4) is 0 Å². The number of nitrogens with zero attached hydrogens (tertiary/aromatic N) is 2. The van der Waals surface area contributed by atoms with E-state index in [1.54, 1.807) is 0 Å². The van der Waals surface area contributed by atoms with Gasteiger partial charge in [-0.25, -0.2) is 13.4 Å². The van der Waals surface area contributed by atoms with Crippen molar-refractivity contribution in [1.29, 1.82) is 0 Å². The van der Waals surface area contributed by atoms with Gasteiger partial charge in [0.15, 0.2) is 15.7 Å². The van der Waals surface area contributed by atoms with Gasteiger partial charge >= 0.3 is 0 Å². The van der Waals surface area contributed by atoms with Gasteiger partial charge in [-0.2, -0.15) is 0 Å². The maximum atomic E-state index is 11.7. The number of aromatic nitrogens is 1. The van der Waals surface area contributed by atoms with E-state index in [4.69, 9.17) is 0 Å². The predicted octanol–water partition coefficient (Wildman–Crippen LogP) is 0.336. The van der Waals surface area contributed by atoms with Crippen molar-refractivity contribution in [2.45, 2.75) is 19.4 Å². The fraction of sp³-hybridized carbons (Fsp3) is 0.500. The maximum Gasteiger partial charge on any atom is 0.244 e. The highest BCUT2D eigenvalue weighted by Crippen LogP contribution is 2.31. The monoisotopic (exact) mass is 281 g/mol. The number of sulfone groups is 1. The smallest absolute Gasteiger partial charge is 0.244 e. The van der Waals surface area contributed by atoms with E-state index in [1.165, 1.54) is 0 Å². The van der Waals surface area contributed by atoms with Crippen molar-refractivity contribution < 1.29 is 13.2 Å². The van der Waals surface area contributed by atoms with Gasteiger partial charge in [-0.05, 0) is 25.5 Å². The Bertz CT molecular complexity index is 642. The molecule has 1 atom stereocenters. The van der Waals surface area contributed by atoms with Gasteiger partial charge in [0.05, 0.1) is 23.7 Å². The summed E-state index contributed by atoms with van der Waals surface area (Å²) >= 11 is 0. The minimum absolute atomic E-state index is 0.106. The zero-order valence-corrected chi connectivity index (χ0v) is 11.4. The Hall–Kier alpha value is -1.63. The second kappa shape index (κ2) is 4.19. The van der Waals surface area contributed by atoms with Crippen molar-refractivity contribution in [3.63, 3.8) is 0 Å². The number of carbonyl (C=O) groups excluding carboxylic acids is 1. The topological polar surface area (TPSA) is 79.4 Å². The third-order valence-corrected chi connectivity index (χ3v) is 5.27. The van der Waals surface area contributed by atoms with Crippen LogP contribution in [0.2, 0.25) is 0 Å². The molecule has 2 aliphatic heterocycles. The molecule has 0 saturated carbocycles. The molecular weight excluding hydrogens is 266 g/mol. The molecule has 0 radical (unpaired) electrons. The molecule has 7 heteroatoms. The summed E-state index contributed by atoms with van der Waals surface area (Å²) in [6.45, 7) is 2.05. The first-order valence-electron chi connectivity index (χ1n) is 6.19. The fourth-order valence-electron chi connectivity index (χ4n) is 2.60. The zero-order chi connectivity index (χ0) is 13.6. The minimum Gasteiger partial charge on any atom is -0.342 e. The Labute approximate surface area is 111 Å². The van der Waals surface area contributed by atoms with E-state index >= 15 is 0 Å². The third-order valence-electron chi connectivity index (χ3n) is 3.52. The molecule has 3 rings (SSSR count). The maximum absolute atomic E-state index is 11.7. The van der Waals surface area contributed by atoms with Crippen LogP contribution in [0.5, 0.6) is 0 Å². The van der Waals surface area contributed by atoms with E-state index in [1.807, 2.05) is 24.0 Å². The van der Waals surface area contributed by atoms with Crippen molar-refractivity contribution in [1.82, 2.24) is 4.98 Å². The second-order valence-electron chi connectivity index (χ2n) is 5.06. The number of pyridine rings is 1. The molecule has 1 aromatic rings. The molecule has 0 aromatic carbocycles. The van der Waals surface area contributed by atoms with E-state index in [2.05, 4.69) is 10.3 Å². The van der Waals surface area contributed by atoms with Crippen LogP contribution in [0.4, 0.5) is 11.5 Å². The van der Waals surface area contributed by atoms with Crippen molar-refractivity contribution in [2.75, 3.05) is 28.3 Å². The molecule has 3 heterocycles. The number of fused-ring (bicyclic) bond motifs is 1. The number of carbonyl (C=O) groups is 1. The molecule has 0 spiro atoms. The molecule has 1 saturated heterocycles. The second-order valence-corrected chi connectivity index (χ2v) is 7.29. The Morgan fingerprint density at radius 2 is 2.21 bits per heavy atom. The van der Waals surface area contributed by atoms with E-state index in [0.29, 0.717) is 17.9 Å². The summed E-state index contributed by atoms with van der Waals surface area (Å²) in [7, 11) is -2.98. The van der Waals surface area contributed by atoms with E-state index in [-0.39, 0.29) is 30.0 Å². The van der Waals surface area contributed by atoms with Crippen LogP contribution in [0.1, 0.15) is 12.1 Å². The lowest BCUT2D eigenvalue weighted by molar-refractivity contribution is -0.115. The molecule has 1 amide bonds.